The van der Waals surface area contributed by atoms with E-state index in [1.165, 1.54) is 6.07 Å². The highest BCUT2D eigenvalue weighted by atomic mass is 35.5. The predicted molar refractivity (Wildman–Crippen MR) is 85.4 cm³/mol. The second-order valence-corrected chi connectivity index (χ2v) is 5.93. The molecule has 1 fully saturated rings. The van der Waals surface area contributed by atoms with Gasteiger partial charge < -0.3 is 10.6 Å². The van der Waals surface area contributed by atoms with Gasteiger partial charge in [-0.3, -0.25) is 4.79 Å². The van der Waals surface area contributed by atoms with E-state index in [1.54, 1.807) is 13.0 Å². The Labute approximate surface area is 140 Å². The number of carbonyl (C=O) groups is 1. The molecular formula is C16H22ClF3N2O. The Bertz CT molecular complexity index is 536. The lowest BCUT2D eigenvalue weighted by Gasteiger charge is -2.28. The maximum Gasteiger partial charge on any atom is 0.416 e. The van der Waals surface area contributed by atoms with Gasteiger partial charge in [-0.15, -0.1) is 12.4 Å². The van der Waals surface area contributed by atoms with Gasteiger partial charge in [0.2, 0.25) is 5.91 Å². The Balaban J connectivity index is 0.00000264. The van der Waals surface area contributed by atoms with Crippen molar-refractivity contribution in [3.8, 4) is 0 Å². The van der Waals surface area contributed by atoms with Crippen molar-refractivity contribution in [3.05, 3.63) is 35.4 Å². The summed E-state index contributed by atoms with van der Waals surface area (Å²) in [6.07, 6.45) is -2.86. The zero-order chi connectivity index (χ0) is 16.3. The van der Waals surface area contributed by atoms with Crippen LogP contribution in [0.2, 0.25) is 0 Å². The van der Waals surface area contributed by atoms with E-state index in [2.05, 4.69) is 10.6 Å². The van der Waals surface area contributed by atoms with Gasteiger partial charge in [-0.05, 0) is 50.9 Å². The lowest BCUT2D eigenvalue weighted by Crippen LogP contribution is -2.42. The minimum Gasteiger partial charge on any atom is -0.349 e. The molecule has 0 spiro atoms. The molecule has 1 amide bonds. The van der Waals surface area contributed by atoms with E-state index in [-0.39, 0.29) is 30.3 Å². The van der Waals surface area contributed by atoms with Gasteiger partial charge in [0.25, 0.3) is 0 Å². The lowest BCUT2D eigenvalue weighted by atomic mass is 9.92. The fourth-order valence-corrected chi connectivity index (χ4v) is 2.77. The molecule has 0 aromatic heterocycles. The van der Waals surface area contributed by atoms with Gasteiger partial charge in [0, 0.05) is 12.0 Å². The van der Waals surface area contributed by atoms with Crippen LogP contribution in [0.5, 0.6) is 0 Å². The minimum absolute atomic E-state index is 0. The van der Waals surface area contributed by atoms with Crippen LogP contribution in [-0.4, -0.2) is 18.5 Å². The van der Waals surface area contributed by atoms with Gasteiger partial charge in [-0.2, -0.15) is 13.2 Å². The van der Waals surface area contributed by atoms with Crippen LogP contribution in [0.25, 0.3) is 0 Å². The van der Waals surface area contributed by atoms with Crippen LogP contribution in [-0.2, 0) is 11.0 Å². The quantitative estimate of drug-likeness (QED) is 0.873. The molecule has 1 aliphatic rings. The van der Waals surface area contributed by atoms with E-state index in [0.717, 1.165) is 31.5 Å². The molecule has 1 saturated heterocycles. The SMILES string of the molecule is CC(NC(=O)[C@H]1CCN[C@@H](C)C1)c1cccc(C(F)(F)F)c1.Cl. The van der Waals surface area contributed by atoms with Crippen molar-refractivity contribution in [2.45, 2.75) is 44.9 Å². The number of hydrogen-bond donors (Lipinski definition) is 2. The van der Waals surface area contributed by atoms with E-state index in [4.69, 9.17) is 0 Å². The van der Waals surface area contributed by atoms with Crippen LogP contribution in [0.15, 0.2) is 24.3 Å². The molecule has 1 aromatic rings. The molecule has 0 radical (unpaired) electrons. The molecule has 2 rings (SSSR count). The number of piperidine rings is 1. The Kier molecular flexibility index (Phi) is 6.89. The van der Waals surface area contributed by atoms with Crippen LogP contribution in [0.4, 0.5) is 13.2 Å². The van der Waals surface area contributed by atoms with Gasteiger partial charge in [-0.1, -0.05) is 12.1 Å². The Hall–Kier alpha value is -1.27. The number of benzene rings is 1. The number of alkyl halides is 3. The lowest BCUT2D eigenvalue weighted by molar-refractivity contribution is -0.137. The summed E-state index contributed by atoms with van der Waals surface area (Å²) in [4.78, 5) is 12.2. The molecule has 1 unspecified atom stereocenters. The van der Waals surface area contributed by atoms with Crippen LogP contribution in [0, 0.1) is 5.92 Å². The summed E-state index contributed by atoms with van der Waals surface area (Å²) in [5.74, 6) is -0.164. The molecule has 1 aliphatic heterocycles. The zero-order valence-corrected chi connectivity index (χ0v) is 13.9. The minimum atomic E-state index is -4.37. The average molecular weight is 351 g/mol. The zero-order valence-electron chi connectivity index (χ0n) is 13.1. The number of hydrogen-bond acceptors (Lipinski definition) is 2. The van der Waals surface area contributed by atoms with Crippen molar-refractivity contribution < 1.29 is 18.0 Å². The van der Waals surface area contributed by atoms with Crippen LogP contribution < -0.4 is 10.6 Å². The summed E-state index contributed by atoms with van der Waals surface area (Å²) in [6.45, 7) is 4.52. The molecule has 130 valence electrons. The summed E-state index contributed by atoms with van der Waals surface area (Å²) in [5.41, 5.74) is -0.230. The summed E-state index contributed by atoms with van der Waals surface area (Å²) >= 11 is 0. The third-order valence-corrected chi connectivity index (χ3v) is 4.07. The molecule has 3 atom stereocenters. The molecule has 0 saturated carbocycles. The van der Waals surface area contributed by atoms with Crippen molar-refractivity contribution in [2.24, 2.45) is 5.92 Å². The molecule has 0 bridgehead atoms. The van der Waals surface area contributed by atoms with Crippen molar-refractivity contribution in [3.63, 3.8) is 0 Å². The third kappa shape index (κ3) is 5.39. The number of nitrogens with one attached hydrogen (secondary N) is 2. The number of amides is 1. The first-order valence-electron chi connectivity index (χ1n) is 7.48. The fraction of sp³-hybridized carbons (Fsp3) is 0.562. The van der Waals surface area contributed by atoms with E-state index in [9.17, 15) is 18.0 Å². The molecule has 1 heterocycles. The molecule has 0 aliphatic carbocycles. The van der Waals surface area contributed by atoms with Gasteiger partial charge in [0.05, 0.1) is 11.6 Å². The number of halogens is 4. The van der Waals surface area contributed by atoms with E-state index < -0.39 is 17.8 Å². The van der Waals surface area contributed by atoms with Gasteiger partial charge in [-0.25, -0.2) is 0 Å². The van der Waals surface area contributed by atoms with E-state index in [1.807, 2.05) is 6.92 Å². The molecule has 1 aromatic carbocycles. The Morgan fingerprint density at radius 1 is 1.39 bits per heavy atom. The first-order chi connectivity index (χ1) is 10.3. The summed E-state index contributed by atoms with van der Waals surface area (Å²) in [5, 5.41) is 6.10. The maximum atomic E-state index is 12.7. The predicted octanol–water partition coefficient (Wildman–Crippen LogP) is 3.69. The smallest absolute Gasteiger partial charge is 0.349 e. The summed E-state index contributed by atoms with van der Waals surface area (Å²) < 4.78 is 38.2. The van der Waals surface area contributed by atoms with Crippen LogP contribution >= 0.6 is 12.4 Å². The highest BCUT2D eigenvalue weighted by Gasteiger charge is 2.31. The third-order valence-electron chi connectivity index (χ3n) is 4.07. The van der Waals surface area contributed by atoms with E-state index >= 15 is 0 Å². The Morgan fingerprint density at radius 2 is 2.09 bits per heavy atom. The van der Waals surface area contributed by atoms with Crippen LogP contribution in [0.1, 0.15) is 43.9 Å². The van der Waals surface area contributed by atoms with Gasteiger partial charge >= 0.3 is 6.18 Å². The second kappa shape index (κ2) is 8.02. The average Bonchev–Trinajstić information content (AvgIpc) is 2.46. The monoisotopic (exact) mass is 350 g/mol. The van der Waals surface area contributed by atoms with Crippen LogP contribution in [0.3, 0.4) is 0 Å². The van der Waals surface area contributed by atoms with Crippen molar-refractivity contribution in [2.75, 3.05) is 6.54 Å². The topological polar surface area (TPSA) is 41.1 Å². The standard InChI is InChI=1S/C16H21F3N2O.ClH/c1-10-8-13(6-7-20-10)15(22)21-11(2)12-4-3-5-14(9-12)16(17,18)19;/h3-5,9-11,13,20H,6-8H2,1-2H3,(H,21,22);1H/t10-,11?,13-;/m0./s1. The number of carbonyl (C=O) groups excluding carboxylic acids is 1. The summed E-state index contributed by atoms with van der Waals surface area (Å²) in [7, 11) is 0. The van der Waals surface area contributed by atoms with Crippen molar-refractivity contribution >= 4 is 18.3 Å². The number of rotatable bonds is 3. The molecule has 7 heteroatoms. The maximum absolute atomic E-state index is 12.7. The normalized spacial score (nSPS) is 22.8. The van der Waals surface area contributed by atoms with Crippen molar-refractivity contribution in [1.29, 1.82) is 0 Å². The highest BCUT2D eigenvalue weighted by molar-refractivity contribution is 5.85. The Morgan fingerprint density at radius 3 is 2.70 bits per heavy atom. The van der Waals surface area contributed by atoms with Gasteiger partial charge in [0.1, 0.15) is 0 Å². The van der Waals surface area contributed by atoms with Crippen molar-refractivity contribution in [1.82, 2.24) is 10.6 Å². The first kappa shape index (κ1) is 19.8. The highest BCUT2D eigenvalue weighted by Crippen LogP contribution is 2.30. The second-order valence-electron chi connectivity index (χ2n) is 5.93. The molecule has 3 nitrogen and oxygen atoms in total. The fourth-order valence-electron chi connectivity index (χ4n) is 2.77. The van der Waals surface area contributed by atoms with E-state index in [0.29, 0.717) is 5.56 Å². The molecular weight excluding hydrogens is 329 g/mol. The first-order valence-corrected chi connectivity index (χ1v) is 7.48. The summed E-state index contributed by atoms with van der Waals surface area (Å²) in [6, 6.07) is 4.94. The molecule has 23 heavy (non-hydrogen) atoms. The largest absolute Gasteiger partial charge is 0.416 e. The molecule has 2 N–H and O–H groups in total. The van der Waals surface area contributed by atoms with Gasteiger partial charge in [0.15, 0.2) is 0 Å².